The van der Waals surface area contributed by atoms with Crippen LogP contribution in [0.4, 0.5) is 5.69 Å². The molecule has 3 aromatic rings. The zero-order valence-electron chi connectivity index (χ0n) is 14.3. The summed E-state index contributed by atoms with van der Waals surface area (Å²) in [7, 11) is 0. The van der Waals surface area contributed by atoms with Crippen molar-refractivity contribution in [2.75, 3.05) is 0 Å². The van der Waals surface area contributed by atoms with E-state index in [2.05, 4.69) is 60.1 Å². The van der Waals surface area contributed by atoms with Gasteiger partial charge in [0.25, 0.3) is 0 Å². The zero-order valence-corrected chi connectivity index (χ0v) is 15.9. The second kappa shape index (κ2) is 7.27. The molecule has 0 bridgehead atoms. The predicted octanol–water partition coefficient (Wildman–Crippen LogP) is 6.26. The first-order chi connectivity index (χ1) is 11.6. The van der Waals surface area contributed by atoms with Crippen molar-refractivity contribution in [3.8, 4) is 0 Å². The van der Waals surface area contributed by atoms with Gasteiger partial charge in [-0.1, -0.05) is 50.2 Å². The molecule has 2 aromatic carbocycles. The van der Waals surface area contributed by atoms with Crippen LogP contribution >= 0.6 is 15.9 Å². The van der Waals surface area contributed by atoms with Gasteiger partial charge >= 0.3 is 0 Å². The van der Waals surface area contributed by atoms with Gasteiger partial charge in [0.2, 0.25) is 0 Å². The Hall–Kier alpha value is -2.00. The standard InChI is InChI=1S/C21H21BrN2/c1-4-15-8-6-9-16(5-2)20(15)23-14(3)19-13-12-17-10-7-11-18(22)21(17)24-19/h6-13H,4-5H2,1-3H3. The van der Waals surface area contributed by atoms with Crippen LogP contribution in [-0.2, 0) is 12.8 Å². The lowest BCUT2D eigenvalue weighted by Gasteiger charge is -2.10. The van der Waals surface area contributed by atoms with E-state index < -0.39 is 0 Å². The summed E-state index contributed by atoms with van der Waals surface area (Å²) in [4.78, 5) is 9.75. The molecule has 0 saturated carbocycles. The number of rotatable bonds is 4. The summed E-state index contributed by atoms with van der Waals surface area (Å²) in [5.74, 6) is 0. The van der Waals surface area contributed by atoms with Crippen molar-refractivity contribution in [2.45, 2.75) is 33.6 Å². The van der Waals surface area contributed by atoms with Crippen LogP contribution in [0.2, 0.25) is 0 Å². The van der Waals surface area contributed by atoms with E-state index in [-0.39, 0.29) is 0 Å². The maximum atomic E-state index is 4.95. The molecule has 0 N–H and O–H groups in total. The van der Waals surface area contributed by atoms with Gasteiger partial charge in [0.05, 0.1) is 22.6 Å². The molecule has 0 amide bonds. The molecule has 0 aliphatic carbocycles. The molecular formula is C21H21BrN2. The Morgan fingerprint density at radius 3 is 2.29 bits per heavy atom. The Morgan fingerprint density at radius 2 is 1.62 bits per heavy atom. The molecular weight excluding hydrogens is 360 g/mol. The van der Waals surface area contributed by atoms with Gasteiger partial charge in [0.15, 0.2) is 0 Å². The second-order valence-corrected chi connectivity index (χ2v) is 6.69. The Bertz CT molecular complexity index is 891. The van der Waals surface area contributed by atoms with Crippen LogP contribution in [0.3, 0.4) is 0 Å². The lowest BCUT2D eigenvalue weighted by Crippen LogP contribution is -2.00. The fourth-order valence-electron chi connectivity index (χ4n) is 2.90. The van der Waals surface area contributed by atoms with Gasteiger partial charge in [-0.3, -0.25) is 4.99 Å². The highest BCUT2D eigenvalue weighted by Crippen LogP contribution is 2.27. The normalized spacial score (nSPS) is 11.9. The van der Waals surface area contributed by atoms with Crippen molar-refractivity contribution in [1.29, 1.82) is 0 Å². The van der Waals surface area contributed by atoms with Gasteiger partial charge in [-0.2, -0.15) is 0 Å². The largest absolute Gasteiger partial charge is 0.251 e. The Kier molecular flexibility index (Phi) is 5.10. The average Bonchev–Trinajstić information content (AvgIpc) is 2.62. The van der Waals surface area contributed by atoms with Gasteiger partial charge in [-0.25, -0.2) is 4.98 Å². The molecule has 0 aliphatic heterocycles. The fraction of sp³-hybridized carbons (Fsp3) is 0.238. The summed E-state index contributed by atoms with van der Waals surface area (Å²) < 4.78 is 1.01. The Balaban J connectivity index is 2.11. The van der Waals surface area contributed by atoms with E-state index in [9.17, 15) is 0 Å². The van der Waals surface area contributed by atoms with Gasteiger partial charge < -0.3 is 0 Å². The monoisotopic (exact) mass is 380 g/mol. The summed E-state index contributed by atoms with van der Waals surface area (Å²) in [6, 6.07) is 16.7. The van der Waals surface area contributed by atoms with Crippen LogP contribution in [0.25, 0.3) is 10.9 Å². The average molecular weight is 381 g/mol. The highest BCUT2D eigenvalue weighted by atomic mass is 79.9. The number of para-hydroxylation sites is 2. The first-order valence-corrected chi connectivity index (χ1v) is 9.15. The van der Waals surface area contributed by atoms with Crippen molar-refractivity contribution in [2.24, 2.45) is 4.99 Å². The third kappa shape index (κ3) is 3.27. The quantitative estimate of drug-likeness (QED) is 0.490. The molecule has 0 radical (unpaired) electrons. The van der Waals surface area contributed by atoms with E-state index >= 15 is 0 Å². The summed E-state index contributed by atoms with van der Waals surface area (Å²) in [5, 5.41) is 1.13. The van der Waals surface area contributed by atoms with Crippen molar-refractivity contribution >= 4 is 38.2 Å². The first-order valence-electron chi connectivity index (χ1n) is 8.35. The minimum Gasteiger partial charge on any atom is -0.251 e. The Labute approximate surface area is 151 Å². The molecule has 3 heteroatoms. The van der Waals surface area contributed by atoms with Gasteiger partial charge in [0, 0.05) is 9.86 Å². The lowest BCUT2D eigenvalue weighted by atomic mass is 10.0. The number of aliphatic imine (C=N–C) groups is 1. The second-order valence-electron chi connectivity index (χ2n) is 5.84. The van der Waals surface area contributed by atoms with Crippen LogP contribution in [-0.4, -0.2) is 10.7 Å². The van der Waals surface area contributed by atoms with E-state index in [4.69, 9.17) is 9.98 Å². The highest BCUT2D eigenvalue weighted by molar-refractivity contribution is 9.10. The minimum atomic E-state index is 0.919. The van der Waals surface area contributed by atoms with Crippen molar-refractivity contribution in [1.82, 2.24) is 4.98 Å². The number of halogens is 1. The topological polar surface area (TPSA) is 25.2 Å². The van der Waals surface area contributed by atoms with Crippen molar-refractivity contribution in [3.05, 3.63) is 69.8 Å². The Morgan fingerprint density at radius 1 is 0.958 bits per heavy atom. The molecule has 0 unspecified atom stereocenters. The number of aryl methyl sites for hydroxylation is 2. The molecule has 2 nitrogen and oxygen atoms in total. The lowest BCUT2D eigenvalue weighted by molar-refractivity contribution is 1.08. The first kappa shape index (κ1) is 16.8. The summed E-state index contributed by atoms with van der Waals surface area (Å²) in [6.45, 7) is 6.39. The van der Waals surface area contributed by atoms with Crippen molar-refractivity contribution < 1.29 is 0 Å². The fourth-order valence-corrected chi connectivity index (χ4v) is 3.37. The SMILES string of the molecule is CCc1cccc(CC)c1N=C(C)c1ccc2cccc(Br)c2n1. The smallest absolute Gasteiger partial charge is 0.0851 e. The van der Waals surface area contributed by atoms with E-state index in [1.807, 2.05) is 25.1 Å². The summed E-state index contributed by atoms with van der Waals surface area (Å²) in [5.41, 5.74) is 6.52. The molecule has 0 atom stereocenters. The number of aromatic nitrogens is 1. The highest BCUT2D eigenvalue weighted by Gasteiger charge is 2.08. The molecule has 0 saturated heterocycles. The van der Waals surface area contributed by atoms with E-state index in [1.165, 1.54) is 11.1 Å². The third-order valence-electron chi connectivity index (χ3n) is 4.29. The van der Waals surface area contributed by atoms with Crippen LogP contribution in [0.1, 0.15) is 37.6 Å². The predicted molar refractivity (Wildman–Crippen MR) is 107 cm³/mol. The summed E-state index contributed by atoms with van der Waals surface area (Å²) >= 11 is 3.59. The van der Waals surface area contributed by atoms with Gasteiger partial charge in [-0.05, 0) is 59.0 Å². The molecule has 122 valence electrons. The minimum absolute atomic E-state index is 0.919. The molecule has 0 fully saturated rings. The number of pyridine rings is 1. The maximum Gasteiger partial charge on any atom is 0.0851 e. The van der Waals surface area contributed by atoms with E-state index in [0.717, 1.165) is 45.3 Å². The van der Waals surface area contributed by atoms with E-state index in [1.54, 1.807) is 0 Å². The van der Waals surface area contributed by atoms with Crippen LogP contribution < -0.4 is 0 Å². The maximum absolute atomic E-state index is 4.95. The third-order valence-corrected chi connectivity index (χ3v) is 4.93. The molecule has 3 rings (SSSR count). The van der Waals surface area contributed by atoms with Crippen LogP contribution in [0, 0.1) is 0 Å². The molecule has 1 aromatic heterocycles. The number of hydrogen-bond donors (Lipinski definition) is 0. The van der Waals surface area contributed by atoms with E-state index in [0.29, 0.717) is 0 Å². The zero-order chi connectivity index (χ0) is 17.1. The van der Waals surface area contributed by atoms with Gasteiger partial charge in [0.1, 0.15) is 0 Å². The van der Waals surface area contributed by atoms with Crippen LogP contribution in [0.15, 0.2) is 58.0 Å². The number of nitrogens with zero attached hydrogens (tertiary/aromatic N) is 2. The van der Waals surface area contributed by atoms with Gasteiger partial charge in [-0.15, -0.1) is 0 Å². The molecule has 0 aliphatic rings. The number of fused-ring (bicyclic) bond motifs is 1. The molecule has 0 spiro atoms. The number of hydrogen-bond acceptors (Lipinski definition) is 2. The number of benzene rings is 2. The summed E-state index contributed by atoms with van der Waals surface area (Å²) in [6.07, 6.45) is 1.97. The van der Waals surface area contributed by atoms with Crippen molar-refractivity contribution in [3.63, 3.8) is 0 Å². The molecule has 24 heavy (non-hydrogen) atoms. The molecule has 1 heterocycles. The van der Waals surface area contributed by atoms with Crippen LogP contribution in [0.5, 0.6) is 0 Å².